The van der Waals surface area contributed by atoms with Gasteiger partial charge in [-0.05, 0) is 18.1 Å². The van der Waals surface area contributed by atoms with Crippen molar-refractivity contribution in [3.05, 3.63) is 5.82 Å². The molecule has 0 radical (unpaired) electrons. The zero-order valence-electron chi connectivity index (χ0n) is 10.8. The zero-order valence-corrected chi connectivity index (χ0v) is 10.8. The summed E-state index contributed by atoms with van der Waals surface area (Å²) in [6, 6.07) is 0. The number of carboxylic acid groups (broad SMARTS) is 1. The number of carboxylic acids is 1. The molecule has 100 valence electrons. The van der Waals surface area contributed by atoms with Crippen molar-refractivity contribution < 1.29 is 9.90 Å². The molecule has 0 bridgehead atoms. The first-order valence-electron chi connectivity index (χ1n) is 6.59. The Labute approximate surface area is 106 Å². The van der Waals surface area contributed by atoms with Gasteiger partial charge in [0, 0.05) is 6.42 Å². The van der Waals surface area contributed by atoms with E-state index in [1.165, 1.54) is 11.2 Å². The predicted octanol–water partition coefficient (Wildman–Crippen LogP) is 1.57. The largest absolute Gasteiger partial charge is 0.481 e. The first-order chi connectivity index (χ1) is 8.62. The molecule has 0 amide bonds. The Hall–Kier alpha value is -1.46. The minimum absolute atomic E-state index is 0.399. The molecule has 2 rings (SSSR count). The van der Waals surface area contributed by atoms with Crippen molar-refractivity contribution in [3.8, 4) is 0 Å². The summed E-state index contributed by atoms with van der Waals surface area (Å²) >= 11 is 0. The van der Waals surface area contributed by atoms with Crippen LogP contribution in [-0.4, -0.2) is 31.3 Å². The molecule has 0 aliphatic heterocycles. The number of aryl methyl sites for hydroxylation is 1. The van der Waals surface area contributed by atoms with Crippen molar-refractivity contribution in [2.75, 3.05) is 0 Å². The molecule has 18 heavy (non-hydrogen) atoms. The highest BCUT2D eigenvalue weighted by molar-refractivity contribution is 5.74. The molecule has 1 fully saturated rings. The van der Waals surface area contributed by atoms with Crippen LogP contribution in [0.25, 0.3) is 0 Å². The molecule has 1 aromatic heterocycles. The van der Waals surface area contributed by atoms with Crippen LogP contribution in [0.5, 0.6) is 0 Å². The molecule has 6 nitrogen and oxygen atoms in total. The highest BCUT2D eigenvalue weighted by Crippen LogP contribution is 2.37. The van der Waals surface area contributed by atoms with E-state index in [9.17, 15) is 9.90 Å². The first kappa shape index (κ1) is 13.0. The topological polar surface area (TPSA) is 80.9 Å². The zero-order chi connectivity index (χ0) is 13.0. The quantitative estimate of drug-likeness (QED) is 0.883. The van der Waals surface area contributed by atoms with Gasteiger partial charge in [-0.3, -0.25) is 4.79 Å². The summed E-state index contributed by atoms with van der Waals surface area (Å²) in [5.74, 6) is -0.169. The van der Waals surface area contributed by atoms with Crippen LogP contribution in [0.4, 0.5) is 0 Å². The third kappa shape index (κ3) is 2.86. The fraction of sp³-hybridized carbons (Fsp3) is 0.833. The van der Waals surface area contributed by atoms with Gasteiger partial charge in [0.05, 0.1) is 12.5 Å². The minimum Gasteiger partial charge on any atom is -0.481 e. The number of carbonyl (C=O) groups is 1. The summed E-state index contributed by atoms with van der Waals surface area (Å²) < 4.78 is 0. The van der Waals surface area contributed by atoms with Crippen molar-refractivity contribution >= 4 is 5.97 Å². The number of nitrogens with zero attached hydrogens (tertiary/aromatic N) is 4. The van der Waals surface area contributed by atoms with Gasteiger partial charge in [0.1, 0.15) is 0 Å². The number of aliphatic carboxylic acids is 1. The number of hydrogen-bond acceptors (Lipinski definition) is 4. The van der Waals surface area contributed by atoms with E-state index < -0.39 is 11.4 Å². The maximum atomic E-state index is 11.7. The van der Waals surface area contributed by atoms with Gasteiger partial charge >= 0.3 is 5.97 Å². The summed E-state index contributed by atoms with van der Waals surface area (Å²) in [5, 5.41) is 21.4. The van der Waals surface area contributed by atoms with Gasteiger partial charge in [0.15, 0.2) is 5.82 Å². The van der Waals surface area contributed by atoms with Gasteiger partial charge in [0.2, 0.25) is 0 Å². The highest BCUT2D eigenvalue weighted by atomic mass is 16.4. The Kier molecular flexibility index (Phi) is 3.93. The number of rotatable bonds is 3. The van der Waals surface area contributed by atoms with Crippen LogP contribution in [0.3, 0.4) is 0 Å². The van der Waals surface area contributed by atoms with Crippen molar-refractivity contribution in [1.82, 2.24) is 20.2 Å². The Balaban J connectivity index is 2.16. The first-order valence-corrected chi connectivity index (χ1v) is 6.59. The van der Waals surface area contributed by atoms with E-state index in [1.807, 2.05) is 0 Å². The molecule has 0 spiro atoms. The maximum absolute atomic E-state index is 11.7. The van der Waals surface area contributed by atoms with E-state index in [0.717, 1.165) is 38.5 Å². The Morgan fingerprint density at radius 1 is 1.28 bits per heavy atom. The lowest BCUT2D eigenvalue weighted by molar-refractivity contribution is -0.150. The van der Waals surface area contributed by atoms with E-state index in [1.54, 1.807) is 7.05 Å². The van der Waals surface area contributed by atoms with Gasteiger partial charge < -0.3 is 5.11 Å². The maximum Gasteiger partial charge on any atom is 0.310 e. The average molecular weight is 252 g/mol. The summed E-state index contributed by atoms with van der Waals surface area (Å²) in [6.07, 6.45) is 7.28. The smallest absolute Gasteiger partial charge is 0.310 e. The summed E-state index contributed by atoms with van der Waals surface area (Å²) in [5.41, 5.74) is -0.691. The Bertz CT molecular complexity index is 408. The average Bonchev–Trinajstić information content (AvgIpc) is 2.67. The van der Waals surface area contributed by atoms with Crippen LogP contribution >= 0.6 is 0 Å². The van der Waals surface area contributed by atoms with Gasteiger partial charge in [-0.1, -0.05) is 32.1 Å². The summed E-state index contributed by atoms with van der Waals surface area (Å²) in [4.78, 5) is 13.1. The predicted molar refractivity (Wildman–Crippen MR) is 64.9 cm³/mol. The Morgan fingerprint density at radius 2 is 1.89 bits per heavy atom. The van der Waals surface area contributed by atoms with Crippen molar-refractivity contribution in [2.24, 2.45) is 12.5 Å². The number of hydrogen-bond donors (Lipinski definition) is 1. The lowest BCUT2D eigenvalue weighted by Gasteiger charge is -2.30. The SMILES string of the molecule is Cn1nnc(CC2(C(=O)O)CCCCCCC2)n1. The molecular formula is C12H20N4O2. The van der Waals surface area contributed by atoms with Crippen molar-refractivity contribution in [3.63, 3.8) is 0 Å². The van der Waals surface area contributed by atoms with E-state index in [4.69, 9.17) is 0 Å². The molecule has 6 heteroatoms. The molecule has 0 aromatic carbocycles. The fourth-order valence-corrected chi connectivity index (χ4v) is 2.75. The lowest BCUT2D eigenvalue weighted by atomic mass is 9.73. The normalized spacial score (nSPS) is 20.1. The molecule has 1 N–H and O–H groups in total. The molecule has 1 aliphatic carbocycles. The summed E-state index contributed by atoms with van der Waals surface area (Å²) in [6.45, 7) is 0. The Morgan fingerprint density at radius 3 is 2.39 bits per heavy atom. The van der Waals surface area contributed by atoms with E-state index in [-0.39, 0.29) is 0 Å². The van der Waals surface area contributed by atoms with E-state index in [2.05, 4.69) is 15.4 Å². The standard InChI is InChI=1S/C12H20N4O2/c1-16-14-10(13-15-16)9-12(11(17)18)7-5-3-2-4-6-8-12/h2-9H2,1H3,(H,17,18). The van der Waals surface area contributed by atoms with Crippen molar-refractivity contribution in [1.29, 1.82) is 0 Å². The third-order valence-electron chi connectivity index (χ3n) is 3.81. The second-order valence-corrected chi connectivity index (χ2v) is 5.23. The van der Waals surface area contributed by atoms with E-state index >= 15 is 0 Å². The molecule has 0 atom stereocenters. The minimum atomic E-state index is -0.711. The highest BCUT2D eigenvalue weighted by Gasteiger charge is 2.39. The molecule has 1 saturated carbocycles. The van der Waals surface area contributed by atoms with Crippen LogP contribution in [-0.2, 0) is 18.3 Å². The molecule has 1 aromatic rings. The fourth-order valence-electron chi connectivity index (χ4n) is 2.75. The monoisotopic (exact) mass is 252 g/mol. The lowest BCUT2D eigenvalue weighted by Crippen LogP contribution is -2.34. The molecule has 0 saturated heterocycles. The van der Waals surface area contributed by atoms with Gasteiger partial charge in [-0.15, -0.1) is 10.2 Å². The second-order valence-electron chi connectivity index (χ2n) is 5.23. The molecular weight excluding hydrogens is 232 g/mol. The van der Waals surface area contributed by atoms with Crippen LogP contribution in [0.15, 0.2) is 0 Å². The second kappa shape index (κ2) is 5.46. The third-order valence-corrected chi connectivity index (χ3v) is 3.81. The molecule has 1 heterocycles. The van der Waals surface area contributed by atoms with Crippen LogP contribution < -0.4 is 0 Å². The molecule has 1 aliphatic rings. The van der Waals surface area contributed by atoms with Crippen LogP contribution in [0.2, 0.25) is 0 Å². The van der Waals surface area contributed by atoms with E-state index in [0.29, 0.717) is 12.2 Å². The van der Waals surface area contributed by atoms with Gasteiger partial charge in [-0.2, -0.15) is 4.80 Å². The van der Waals surface area contributed by atoms with Crippen LogP contribution in [0, 0.1) is 5.41 Å². The van der Waals surface area contributed by atoms with Gasteiger partial charge in [-0.25, -0.2) is 0 Å². The van der Waals surface area contributed by atoms with Crippen LogP contribution in [0.1, 0.15) is 50.8 Å². The van der Waals surface area contributed by atoms with Crippen molar-refractivity contribution in [2.45, 2.75) is 51.4 Å². The number of aromatic nitrogens is 4. The van der Waals surface area contributed by atoms with Gasteiger partial charge in [0.25, 0.3) is 0 Å². The summed E-state index contributed by atoms with van der Waals surface area (Å²) in [7, 11) is 1.70. The number of tetrazole rings is 1. The molecule has 0 unspecified atom stereocenters.